The number of hydrogen-bond acceptors (Lipinski definition) is 2. The third-order valence-corrected chi connectivity index (χ3v) is 3.33. The zero-order chi connectivity index (χ0) is 10.5. The van der Waals surface area contributed by atoms with Crippen LogP contribution in [0.15, 0.2) is 24.4 Å². The van der Waals surface area contributed by atoms with Gasteiger partial charge in [-0.1, -0.05) is 13.0 Å². The summed E-state index contributed by atoms with van der Waals surface area (Å²) in [5.74, 6) is 0.627. The van der Waals surface area contributed by atoms with Gasteiger partial charge in [0.05, 0.1) is 0 Å². The molecule has 0 saturated carbocycles. The molecule has 1 aromatic heterocycles. The van der Waals surface area contributed by atoms with E-state index in [1.807, 2.05) is 12.3 Å². The van der Waals surface area contributed by atoms with Crippen molar-refractivity contribution in [3.63, 3.8) is 0 Å². The van der Waals surface area contributed by atoms with Gasteiger partial charge in [-0.25, -0.2) is 0 Å². The highest BCUT2D eigenvalue weighted by atomic mass is 14.9. The Morgan fingerprint density at radius 3 is 3.07 bits per heavy atom. The lowest BCUT2D eigenvalue weighted by Crippen LogP contribution is -2.23. The van der Waals surface area contributed by atoms with Crippen LogP contribution in [0.4, 0.5) is 0 Å². The molecule has 2 nitrogen and oxygen atoms in total. The van der Waals surface area contributed by atoms with Gasteiger partial charge >= 0.3 is 0 Å². The van der Waals surface area contributed by atoms with E-state index in [1.165, 1.54) is 37.9 Å². The zero-order valence-corrected chi connectivity index (χ0v) is 9.45. The Kier molecular flexibility index (Phi) is 3.73. The molecule has 2 heterocycles. The van der Waals surface area contributed by atoms with Crippen LogP contribution < -0.4 is 5.32 Å². The monoisotopic (exact) mass is 204 g/mol. The maximum absolute atomic E-state index is 4.46. The van der Waals surface area contributed by atoms with Gasteiger partial charge in [0.25, 0.3) is 0 Å². The van der Waals surface area contributed by atoms with E-state index in [0.29, 0.717) is 5.92 Å². The Morgan fingerprint density at radius 1 is 1.53 bits per heavy atom. The van der Waals surface area contributed by atoms with E-state index in [-0.39, 0.29) is 0 Å². The molecule has 2 atom stereocenters. The van der Waals surface area contributed by atoms with Crippen LogP contribution in [0.3, 0.4) is 0 Å². The van der Waals surface area contributed by atoms with Gasteiger partial charge in [-0.05, 0) is 44.4 Å². The second kappa shape index (κ2) is 5.26. The number of hydrogen-bond donors (Lipinski definition) is 1. The molecule has 1 saturated heterocycles. The SMILES string of the molecule is CCC(CC1CCCN1)c1ccccn1. The normalized spacial score (nSPS) is 22.9. The van der Waals surface area contributed by atoms with Crippen LogP contribution in [0.2, 0.25) is 0 Å². The first-order chi connectivity index (χ1) is 7.40. The van der Waals surface area contributed by atoms with E-state index in [1.54, 1.807) is 0 Å². The van der Waals surface area contributed by atoms with Crippen molar-refractivity contribution in [1.82, 2.24) is 10.3 Å². The highest BCUT2D eigenvalue weighted by Gasteiger charge is 2.20. The molecule has 0 aliphatic carbocycles. The molecule has 2 unspecified atom stereocenters. The fraction of sp³-hybridized carbons (Fsp3) is 0.615. The first-order valence-corrected chi connectivity index (χ1v) is 6.04. The van der Waals surface area contributed by atoms with E-state index < -0.39 is 0 Å². The van der Waals surface area contributed by atoms with Gasteiger partial charge in [0.2, 0.25) is 0 Å². The molecule has 0 spiro atoms. The van der Waals surface area contributed by atoms with Crippen LogP contribution in [0.1, 0.15) is 44.2 Å². The molecule has 82 valence electrons. The Labute approximate surface area is 92.1 Å². The minimum Gasteiger partial charge on any atom is -0.314 e. The fourth-order valence-corrected chi connectivity index (χ4v) is 2.42. The molecule has 1 N–H and O–H groups in total. The summed E-state index contributed by atoms with van der Waals surface area (Å²) in [7, 11) is 0. The summed E-state index contributed by atoms with van der Waals surface area (Å²) in [5, 5.41) is 3.56. The lowest BCUT2D eigenvalue weighted by Gasteiger charge is -2.18. The molecule has 15 heavy (non-hydrogen) atoms. The Balaban J connectivity index is 1.97. The Morgan fingerprint density at radius 2 is 2.47 bits per heavy atom. The van der Waals surface area contributed by atoms with Crippen molar-refractivity contribution in [1.29, 1.82) is 0 Å². The van der Waals surface area contributed by atoms with E-state index in [4.69, 9.17) is 0 Å². The van der Waals surface area contributed by atoms with Gasteiger partial charge in [0.1, 0.15) is 0 Å². The summed E-state index contributed by atoms with van der Waals surface area (Å²) in [4.78, 5) is 4.46. The van der Waals surface area contributed by atoms with Gasteiger partial charge < -0.3 is 5.32 Å². The van der Waals surface area contributed by atoms with Crippen molar-refractivity contribution in [2.45, 2.75) is 44.6 Å². The minimum absolute atomic E-state index is 0.627. The lowest BCUT2D eigenvalue weighted by atomic mass is 9.93. The number of rotatable bonds is 4. The molecular weight excluding hydrogens is 184 g/mol. The first kappa shape index (κ1) is 10.6. The summed E-state index contributed by atoms with van der Waals surface area (Å²) in [6.07, 6.45) is 7.01. The third-order valence-electron chi connectivity index (χ3n) is 3.33. The van der Waals surface area contributed by atoms with Gasteiger partial charge in [-0.3, -0.25) is 4.98 Å². The van der Waals surface area contributed by atoms with Crippen LogP contribution in [-0.2, 0) is 0 Å². The quantitative estimate of drug-likeness (QED) is 0.815. The zero-order valence-electron chi connectivity index (χ0n) is 9.45. The molecule has 0 amide bonds. The maximum Gasteiger partial charge on any atom is 0.0434 e. The summed E-state index contributed by atoms with van der Waals surface area (Å²) in [5.41, 5.74) is 1.26. The summed E-state index contributed by atoms with van der Waals surface area (Å²) < 4.78 is 0. The topological polar surface area (TPSA) is 24.9 Å². The van der Waals surface area contributed by atoms with Crippen molar-refractivity contribution in [3.05, 3.63) is 30.1 Å². The van der Waals surface area contributed by atoms with Gasteiger partial charge in [0.15, 0.2) is 0 Å². The van der Waals surface area contributed by atoms with Crippen molar-refractivity contribution in [2.75, 3.05) is 6.54 Å². The molecule has 0 radical (unpaired) electrons. The van der Waals surface area contributed by atoms with Gasteiger partial charge in [0, 0.05) is 23.9 Å². The number of pyridine rings is 1. The molecule has 1 fully saturated rings. The molecular formula is C13H20N2. The second-order valence-corrected chi connectivity index (χ2v) is 4.39. The second-order valence-electron chi connectivity index (χ2n) is 4.39. The van der Waals surface area contributed by atoms with Crippen LogP contribution in [0.25, 0.3) is 0 Å². The summed E-state index contributed by atoms with van der Waals surface area (Å²) in [6, 6.07) is 6.96. The molecule has 2 rings (SSSR count). The Hall–Kier alpha value is -0.890. The summed E-state index contributed by atoms with van der Waals surface area (Å²) >= 11 is 0. The van der Waals surface area contributed by atoms with Crippen molar-refractivity contribution in [2.24, 2.45) is 0 Å². The van der Waals surface area contributed by atoms with Crippen molar-refractivity contribution < 1.29 is 0 Å². The van der Waals surface area contributed by atoms with E-state index in [9.17, 15) is 0 Å². The van der Waals surface area contributed by atoms with Crippen LogP contribution in [0, 0.1) is 0 Å². The predicted molar refractivity (Wildman–Crippen MR) is 62.9 cm³/mol. The molecule has 0 bridgehead atoms. The molecule has 2 heteroatoms. The number of aromatic nitrogens is 1. The number of nitrogens with one attached hydrogen (secondary N) is 1. The highest BCUT2D eigenvalue weighted by Crippen LogP contribution is 2.25. The van der Waals surface area contributed by atoms with Crippen LogP contribution >= 0.6 is 0 Å². The maximum atomic E-state index is 4.46. The van der Waals surface area contributed by atoms with Gasteiger partial charge in [-0.15, -0.1) is 0 Å². The predicted octanol–water partition coefficient (Wildman–Crippen LogP) is 2.72. The molecule has 0 aromatic carbocycles. The van der Waals surface area contributed by atoms with E-state index >= 15 is 0 Å². The lowest BCUT2D eigenvalue weighted by molar-refractivity contribution is 0.475. The molecule has 1 aromatic rings. The number of nitrogens with zero attached hydrogens (tertiary/aromatic N) is 1. The van der Waals surface area contributed by atoms with Crippen molar-refractivity contribution in [3.8, 4) is 0 Å². The van der Waals surface area contributed by atoms with Gasteiger partial charge in [-0.2, -0.15) is 0 Å². The average Bonchev–Trinajstić information content (AvgIpc) is 2.80. The average molecular weight is 204 g/mol. The minimum atomic E-state index is 0.627. The first-order valence-electron chi connectivity index (χ1n) is 6.04. The molecule has 1 aliphatic heterocycles. The smallest absolute Gasteiger partial charge is 0.0434 e. The third kappa shape index (κ3) is 2.78. The van der Waals surface area contributed by atoms with E-state index in [2.05, 4.69) is 29.4 Å². The Bertz CT molecular complexity index is 278. The fourth-order valence-electron chi connectivity index (χ4n) is 2.42. The van der Waals surface area contributed by atoms with Crippen LogP contribution in [-0.4, -0.2) is 17.6 Å². The standard InChI is InChI=1S/C13H20N2/c1-2-11(10-12-6-5-9-14-12)13-7-3-4-8-15-13/h3-4,7-8,11-12,14H,2,5-6,9-10H2,1H3. The summed E-state index contributed by atoms with van der Waals surface area (Å²) in [6.45, 7) is 3.46. The largest absolute Gasteiger partial charge is 0.314 e. The van der Waals surface area contributed by atoms with E-state index in [0.717, 1.165) is 6.04 Å². The van der Waals surface area contributed by atoms with Crippen molar-refractivity contribution >= 4 is 0 Å². The molecule has 1 aliphatic rings. The van der Waals surface area contributed by atoms with Crippen LogP contribution in [0.5, 0.6) is 0 Å². The highest BCUT2D eigenvalue weighted by molar-refractivity contribution is 5.09.